The van der Waals surface area contributed by atoms with Crippen LogP contribution in [0.5, 0.6) is 11.5 Å². The summed E-state index contributed by atoms with van der Waals surface area (Å²) in [7, 11) is 1.36. The Hall–Kier alpha value is -4.15. The van der Waals surface area contributed by atoms with Crippen molar-refractivity contribution in [2.24, 2.45) is 0 Å². The molecular formula is C24H16ClFN2O4. The lowest BCUT2D eigenvalue weighted by molar-refractivity contribution is -0.112. The van der Waals surface area contributed by atoms with Crippen molar-refractivity contribution >= 4 is 35.2 Å². The normalized spacial score (nSPS) is 10.8. The van der Waals surface area contributed by atoms with Crippen LogP contribution in [0, 0.1) is 17.1 Å². The highest BCUT2D eigenvalue weighted by molar-refractivity contribution is 6.34. The SMILES string of the molecule is COc1cc(/C=C(\C#N)C(=O)Nc2ccccc2Cl)ccc1OC(=O)c1ccccc1F. The molecule has 6 nitrogen and oxygen atoms in total. The van der Waals surface area contributed by atoms with Gasteiger partial charge in [0.05, 0.1) is 23.4 Å². The molecular weight excluding hydrogens is 435 g/mol. The van der Waals surface area contributed by atoms with Crippen molar-refractivity contribution < 1.29 is 23.5 Å². The highest BCUT2D eigenvalue weighted by Crippen LogP contribution is 2.30. The first kappa shape index (κ1) is 22.5. The molecule has 0 aliphatic rings. The van der Waals surface area contributed by atoms with E-state index in [0.717, 1.165) is 6.07 Å². The summed E-state index contributed by atoms with van der Waals surface area (Å²) >= 11 is 6.03. The molecule has 0 saturated carbocycles. The number of nitrogens with one attached hydrogen (secondary N) is 1. The van der Waals surface area contributed by atoms with Gasteiger partial charge in [-0.1, -0.05) is 41.9 Å². The largest absolute Gasteiger partial charge is 0.493 e. The van der Waals surface area contributed by atoms with Crippen LogP contribution in [0.25, 0.3) is 6.08 Å². The van der Waals surface area contributed by atoms with Gasteiger partial charge in [0, 0.05) is 0 Å². The number of nitriles is 1. The summed E-state index contributed by atoms with van der Waals surface area (Å²) in [6, 6.07) is 18.3. The molecule has 1 N–H and O–H groups in total. The van der Waals surface area contributed by atoms with Gasteiger partial charge in [0.1, 0.15) is 17.5 Å². The summed E-state index contributed by atoms with van der Waals surface area (Å²) in [6.07, 6.45) is 1.34. The summed E-state index contributed by atoms with van der Waals surface area (Å²) in [4.78, 5) is 24.7. The fraction of sp³-hybridized carbons (Fsp3) is 0.0417. The van der Waals surface area contributed by atoms with Crippen LogP contribution in [-0.4, -0.2) is 19.0 Å². The van der Waals surface area contributed by atoms with Gasteiger partial charge in [0.15, 0.2) is 11.5 Å². The molecule has 8 heteroatoms. The number of ether oxygens (including phenoxy) is 2. The first-order valence-corrected chi connectivity index (χ1v) is 9.63. The van der Waals surface area contributed by atoms with Gasteiger partial charge in [0.25, 0.3) is 5.91 Å². The number of nitrogens with zero attached hydrogens (tertiary/aromatic N) is 1. The van der Waals surface area contributed by atoms with Gasteiger partial charge in [-0.25, -0.2) is 9.18 Å². The molecule has 3 aromatic rings. The van der Waals surface area contributed by atoms with Crippen molar-refractivity contribution in [2.45, 2.75) is 0 Å². The molecule has 3 rings (SSSR count). The van der Waals surface area contributed by atoms with E-state index in [4.69, 9.17) is 21.1 Å². The third-order valence-electron chi connectivity index (χ3n) is 4.28. The summed E-state index contributed by atoms with van der Waals surface area (Å²) in [5.41, 5.74) is 0.413. The highest BCUT2D eigenvalue weighted by Gasteiger charge is 2.17. The van der Waals surface area contributed by atoms with E-state index in [9.17, 15) is 19.2 Å². The first-order valence-electron chi connectivity index (χ1n) is 9.25. The smallest absolute Gasteiger partial charge is 0.346 e. The molecule has 0 spiro atoms. The molecule has 0 aromatic heterocycles. The van der Waals surface area contributed by atoms with E-state index in [1.165, 1.54) is 49.6 Å². The summed E-state index contributed by atoms with van der Waals surface area (Å²) in [5, 5.41) is 12.3. The molecule has 0 heterocycles. The molecule has 1 amide bonds. The number of esters is 1. The van der Waals surface area contributed by atoms with Crippen molar-refractivity contribution in [3.8, 4) is 17.6 Å². The number of carbonyl (C=O) groups is 2. The molecule has 0 aliphatic carbocycles. The molecule has 0 radical (unpaired) electrons. The van der Waals surface area contributed by atoms with E-state index >= 15 is 0 Å². The quantitative estimate of drug-likeness (QED) is 0.240. The van der Waals surface area contributed by atoms with Gasteiger partial charge in [-0.2, -0.15) is 5.26 Å². The number of hydrogen-bond acceptors (Lipinski definition) is 5. The minimum absolute atomic E-state index is 0.0527. The van der Waals surface area contributed by atoms with E-state index in [-0.39, 0.29) is 22.6 Å². The summed E-state index contributed by atoms with van der Waals surface area (Å²) < 4.78 is 24.3. The minimum atomic E-state index is -0.887. The van der Waals surface area contributed by atoms with E-state index in [0.29, 0.717) is 16.3 Å². The number of amides is 1. The molecule has 0 bridgehead atoms. The van der Waals surface area contributed by atoms with Gasteiger partial charge in [-0.05, 0) is 48.0 Å². The third kappa shape index (κ3) is 5.31. The van der Waals surface area contributed by atoms with E-state index in [1.807, 2.05) is 6.07 Å². The number of benzene rings is 3. The lowest BCUT2D eigenvalue weighted by atomic mass is 10.1. The maximum atomic E-state index is 13.8. The van der Waals surface area contributed by atoms with Crippen LogP contribution in [0.3, 0.4) is 0 Å². The number of carbonyl (C=O) groups excluding carboxylic acids is 2. The topological polar surface area (TPSA) is 88.4 Å². The van der Waals surface area contributed by atoms with Gasteiger partial charge in [-0.15, -0.1) is 0 Å². The zero-order valence-electron chi connectivity index (χ0n) is 16.8. The molecule has 32 heavy (non-hydrogen) atoms. The Bertz CT molecular complexity index is 1250. The number of methoxy groups -OCH3 is 1. The molecule has 0 unspecified atom stereocenters. The number of anilines is 1. The zero-order chi connectivity index (χ0) is 23.1. The zero-order valence-corrected chi connectivity index (χ0v) is 17.5. The fourth-order valence-electron chi connectivity index (χ4n) is 2.71. The predicted octanol–water partition coefficient (Wildman–Crippen LogP) is 5.25. The predicted molar refractivity (Wildman–Crippen MR) is 118 cm³/mol. The van der Waals surface area contributed by atoms with Gasteiger partial charge in [0.2, 0.25) is 0 Å². The average Bonchev–Trinajstić information content (AvgIpc) is 2.79. The van der Waals surface area contributed by atoms with Crippen LogP contribution in [0.2, 0.25) is 5.02 Å². The Morgan fingerprint density at radius 2 is 1.78 bits per heavy atom. The van der Waals surface area contributed by atoms with Crippen molar-refractivity contribution in [2.75, 3.05) is 12.4 Å². The van der Waals surface area contributed by atoms with Crippen molar-refractivity contribution in [3.05, 3.63) is 94.3 Å². The van der Waals surface area contributed by atoms with Crippen LogP contribution in [0.4, 0.5) is 10.1 Å². The first-order chi connectivity index (χ1) is 15.4. The van der Waals surface area contributed by atoms with Crippen LogP contribution in [0.1, 0.15) is 15.9 Å². The van der Waals surface area contributed by atoms with Gasteiger partial charge >= 0.3 is 5.97 Å². The van der Waals surface area contributed by atoms with E-state index < -0.39 is 17.7 Å². The van der Waals surface area contributed by atoms with Crippen LogP contribution in [0.15, 0.2) is 72.3 Å². The lowest BCUT2D eigenvalue weighted by Crippen LogP contribution is -2.13. The third-order valence-corrected chi connectivity index (χ3v) is 4.61. The summed E-state index contributed by atoms with van der Waals surface area (Å²) in [6.45, 7) is 0. The Kier molecular flexibility index (Phi) is 7.21. The van der Waals surface area contributed by atoms with Crippen molar-refractivity contribution in [3.63, 3.8) is 0 Å². The van der Waals surface area contributed by atoms with Crippen LogP contribution < -0.4 is 14.8 Å². The van der Waals surface area contributed by atoms with Crippen molar-refractivity contribution in [1.29, 1.82) is 5.26 Å². The number of halogens is 2. The number of rotatable bonds is 6. The maximum absolute atomic E-state index is 13.8. The summed E-state index contributed by atoms with van der Waals surface area (Å²) in [5.74, 6) is -2.03. The molecule has 0 aliphatic heterocycles. The fourth-order valence-corrected chi connectivity index (χ4v) is 2.89. The van der Waals surface area contributed by atoms with E-state index in [1.54, 1.807) is 24.3 Å². The highest BCUT2D eigenvalue weighted by atomic mass is 35.5. The number of hydrogen-bond donors (Lipinski definition) is 1. The Morgan fingerprint density at radius 1 is 1.06 bits per heavy atom. The van der Waals surface area contributed by atoms with Crippen LogP contribution in [-0.2, 0) is 4.79 Å². The molecule has 0 atom stereocenters. The molecule has 0 fully saturated rings. The van der Waals surface area contributed by atoms with Crippen molar-refractivity contribution in [1.82, 2.24) is 0 Å². The average molecular weight is 451 g/mol. The van der Waals surface area contributed by atoms with Gasteiger partial charge in [-0.3, -0.25) is 4.79 Å². The standard InChI is InChI=1S/C24H16ClFN2O4/c1-31-22-13-15(10-11-21(22)32-24(30)17-6-2-4-8-19(17)26)12-16(14-27)23(29)28-20-9-5-3-7-18(20)25/h2-13H,1H3,(H,28,29)/b16-12+. The molecule has 0 saturated heterocycles. The number of para-hydroxylation sites is 1. The second kappa shape index (κ2) is 10.2. The van der Waals surface area contributed by atoms with Gasteiger partial charge < -0.3 is 14.8 Å². The maximum Gasteiger partial charge on any atom is 0.346 e. The lowest BCUT2D eigenvalue weighted by Gasteiger charge is -2.11. The Morgan fingerprint density at radius 3 is 2.47 bits per heavy atom. The van der Waals surface area contributed by atoms with Crippen LogP contribution >= 0.6 is 11.6 Å². The minimum Gasteiger partial charge on any atom is -0.493 e. The second-order valence-electron chi connectivity index (χ2n) is 6.38. The van der Waals surface area contributed by atoms with E-state index in [2.05, 4.69) is 5.32 Å². The Balaban J connectivity index is 1.82. The monoisotopic (exact) mass is 450 g/mol. The molecule has 160 valence electrons. The Labute approximate surface area is 188 Å². The molecule has 3 aromatic carbocycles. The second-order valence-corrected chi connectivity index (χ2v) is 6.79.